The normalized spacial score (nSPS) is 16.4. The number of hydrogen-bond donors (Lipinski definition) is 1. The summed E-state index contributed by atoms with van der Waals surface area (Å²) in [5.41, 5.74) is 1.20. The maximum Gasteiger partial charge on any atom is 0.0975 e. The van der Waals surface area contributed by atoms with Gasteiger partial charge in [-0.25, -0.2) is 8.93 Å². The fourth-order valence-electron chi connectivity index (χ4n) is 2.90. The molecule has 0 aliphatic heterocycles. The highest BCUT2D eigenvalue weighted by molar-refractivity contribution is 7.84. The SMILES string of the molecule is CC(C)(C)[S@@](=O)N[C@H](CP(c1ccccc1)c1ccccc1)C1=CC=C[CH]1. The van der Waals surface area contributed by atoms with Crippen LogP contribution < -0.4 is 15.3 Å². The summed E-state index contributed by atoms with van der Waals surface area (Å²) in [5.74, 6) is 0. The molecule has 0 fully saturated rings. The van der Waals surface area contributed by atoms with Crippen LogP contribution in [0.5, 0.6) is 0 Å². The lowest BCUT2D eigenvalue weighted by atomic mass is 10.1. The van der Waals surface area contributed by atoms with E-state index in [4.69, 9.17) is 0 Å². The molecule has 1 aliphatic carbocycles. The van der Waals surface area contributed by atoms with Crippen LogP contribution in [0.15, 0.2) is 84.5 Å². The molecule has 0 heterocycles. The monoisotopic (exact) mass is 396 g/mol. The van der Waals surface area contributed by atoms with Crippen molar-refractivity contribution >= 4 is 29.5 Å². The second kappa shape index (κ2) is 9.10. The summed E-state index contributed by atoms with van der Waals surface area (Å²) in [7, 11) is -1.68. The number of hydrogen-bond acceptors (Lipinski definition) is 1. The lowest BCUT2D eigenvalue weighted by Gasteiger charge is -2.29. The summed E-state index contributed by atoms with van der Waals surface area (Å²) in [4.78, 5) is 0. The summed E-state index contributed by atoms with van der Waals surface area (Å²) in [5, 5.41) is 2.69. The van der Waals surface area contributed by atoms with E-state index < -0.39 is 18.9 Å². The molecule has 3 rings (SSSR count). The van der Waals surface area contributed by atoms with Gasteiger partial charge in [-0.1, -0.05) is 78.9 Å². The van der Waals surface area contributed by atoms with E-state index in [1.54, 1.807) is 0 Å². The van der Waals surface area contributed by atoms with Crippen molar-refractivity contribution in [1.29, 1.82) is 0 Å². The van der Waals surface area contributed by atoms with Gasteiger partial charge in [0.1, 0.15) is 0 Å². The van der Waals surface area contributed by atoms with E-state index in [-0.39, 0.29) is 10.8 Å². The molecule has 2 atom stereocenters. The molecule has 2 aromatic rings. The number of allylic oxidation sites excluding steroid dienone is 3. The first-order valence-electron chi connectivity index (χ1n) is 9.22. The van der Waals surface area contributed by atoms with Gasteiger partial charge in [-0.2, -0.15) is 0 Å². The maximum absolute atomic E-state index is 12.8. The molecule has 0 saturated heterocycles. The standard InChI is InChI=1S/C23H27NOPS/c1-23(2,3)27(25)24-22(19-12-10-11-13-19)18-26(20-14-6-4-7-15-20)21-16-8-5-9-17-21/h4-17,22,24H,18H2,1-3H3/t22-,27-/m1/s1. The number of nitrogens with one attached hydrogen (secondary N) is 1. The highest BCUT2D eigenvalue weighted by Crippen LogP contribution is 2.36. The van der Waals surface area contributed by atoms with Crippen molar-refractivity contribution in [3.05, 3.63) is 90.9 Å². The molecule has 0 amide bonds. The molecular weight excluding hydrogens is 369 g/mol. The van der Waals surface area contributed by atoms with E-state index in [2.05, 4.69) is 90.0 Å². The Balaban J connectivity index is 1.91. The van der Waals surface area contributed by atoms with Crippen LogP contribution in [0.4, 0.5) is 0 Å². The Hall–Kier alpha value is -1.54. The third-order valence-corrected chi connectivity index (χ3v) is 8.58. The van der Waals surface area contributed by atoms with Crippen LogP contribution in [0.25, 0.3) is 0 Å². The molecule has 2 nitrogen and oxygen atoms in total. The van der Waals surface area contributed by atoms with E-state index in [0.717, 1.165) is 6.16 Å². The minimum atomic E-state index is -1.12. The number of benzene rings is 2. The van der Waals surface area contributed by atoms with Gasteiger partial charge in [0.15, 0.2) is 0 Å². The topological polar surface area (TPSA) is 29.1 Å². The largest absolute Gasteiger partial charge is 0.242 e. The van der Waals surface area contributed by atoms with Crippen molar-refractivity contribution < 1.29 is 4.21 Å². The van der Waals surface area contributed by atoms with Gasteiger partial charge in [0.25, 0.3) is 0 Å². The van der Waals surface area contributed by atoms with Gasteiger partial charge < -0.3 is 0 Å². The van der Waals surface area contributed by atoms with Crippen molar-refractivity contribution in [2.75, 3.05) is 6.16 Å². The highest BCUT2D eigenvalue weighted by atomic mass is 32.2. The van der Waals surface area contributed by atoms with E-state index in [1.165, 1.54) is 16.2 Å². The molecule has 0 bridgehead atoms. The predicted molar refractivity (Wildman–Crippen MR) is 120 cm³/mol. The van der Waals surface area contributed by atoms with Crippen LogP contribution in [0.3, 0.4) is 0 Å². The molecule has 4 heteroatoms. The summed E-state index contributed by atoms with van der Waals surface area (Å²) in [6, 6.07) is 21.4. The van der Waals surface area contributed by atoms with Crippen LogP contribution in [-0.2, 0) is 11.0 Å². The van der Waals surface area contributed by atoms with Crippen LogP contribution in [0.1, 0.15) is 20.8 Å². The summed E-state index contributed by atoms with van der Waals surface area (Å²) < 4.78 is 16.0. The molecule has 27 heavy (non-hydrogen) atoms. The zero-order valence-electron chi connectivity index (χ0n) is 16.1. The summed E-state index contributed by atoms with van der Waals surface area (Å²) in [6.45, 7) is 6.03. The van der Waals surface area contributed by atoms with Gasteiger partial charge in [-0.15, -0.1) is 0 Å². The minimum Gasteiger partial charge on any atom is -0.242 e. The Labute approximate surface area is 167 Å². The van der Waals surface area contributed by atoms with Crippen molar-refractivity contribution in [2.24, 2.45) is 0 Å². The summed E-state index contributed by atoms with van der Waals surface area (Å²) in [6.07, 6.45) is 9.27. The van der Waals surface area contributed by atoms with Crippen molar-refractivity contribution in [2.45, 2.75) is 31.6 Å². The lowest BCUT2D eigenvalue weighted by molar-refractivity contribution is 0.626. The maximum atomic E-state index is 12.8. The Morgan fingerprint density at radius 2 is 1.48 bits per heavy atom. The molecule has 0 saturated carbocycles. The van der Waals surface area contributed by atoms with E-state index >= 15 is 0 Å². The molecule has 1 radical (unpaired) electrons. The van der Waals surface area contributed by atoms with Crippen LogP contribution >= 0.6 is 7.92 Å². The Morgan fingerprint density at radius 3 is 1.93 bits per heavy atom. The average Bonchev–Trinajstić information content (AvgIpc) is 3.20. The zero-order chi connectivity index (χ0) is 19.3. The molecule has 1 N–H and O–H groups in total. The van der Waals surface area contributed by atoms with Crippen molar-refractivity contribution in [3.63, 3.8) is 0 Å². The van der Waals surface area contributed by atoms with Gasteiger partial charge in [0, 0.05) is 12.5 Å². The Kier molecular flexibility index (Phi) is 6.81. The third kappa shape index (κ3) is 5.48. The molecular formula is C23H27NOPS. The lowest BCUT2D eigenvalue weighted by Crippen LogP contribution is -2.43. The Morgan fingerprint density at radius 1 is 0.926 bits per heavy atom. The van der Waals surface area contributed by atoms with E-state index in [0.29, 0.717) is 0 Å². The van der Waals surface area contributed by atoms with Crippen LogP contribution in [0, 0.1) is 6.42 Å². The zero-order valence-corrected chi connectivity index (χ0v) is 17.8. The van der Waals surface area contributed by atoms with E-state index in [1.807, 2.05) is 20.8 Å². The fraction of sp³-hybridized carbons (Fsp3) is 0.261. The molecule has 0 unspecified atom stereocenters. The van der Waals surface area contributed by atoms with Gasteiger partial charge in [0.2, 0.25) is 0 Å². The molecule has 0 aromatic heterocycles. The second-order valence-corrected chi connectivity index (χ2v) is 11.8. The van der Waals surface area contributed by atoms with Crippen LogP contribution in [-0.4, -0.2) is 21.2 Å². The molecule has 2 aromatic carbocycles. The van der Waals surface area contributed by atoms with Crippen molar-refractivity contribution in [1.82, 2.24) is 4.72 Å². The van der Waals surface area contributed by atoms with Gasteiger partial charge >= 0.3 is 0 Å². The van der Waals surface area contributed by atoms with Crippen LogP contribution in [0.2, 0.25) is 0 Å². The van der Waals surface area contributed by atoms with Gasteiger partial charge in [-0.05, 0) is 51.0 Å². The second-order valence-electron chi connectivity index (χ2n) is 7.55. The smallest absolute Gasteiger partial charge is 0.0975 e. The first-order chi connectivity index (χ1) is 12.9. The van der Waals surface area contributed by atoms with Gasteiger partial charge in [0.05, 0.1) is 15.7 Å². The van der Waals surface area contributed by atoms with Gasteiger partial charge in [-0.3, -0.25) is 0 Å². The predicted octanol–water partition coefficient (Wildman–Crippen LogP) is 4.24. The first kappa shape index (κ1) is 20.2. The van der Waals surface area contributed by atoms with E-state index in [9.17, 15) is 4.21 Å². The Bertz CT molecular complexity index is 785. The minimum absolute atomic E-state index is 0.0478. The highest BCUT2D eigenvalue weighted by Gasteiger charge is 2.28. The van der Waals surface area contributed by atoms with Crippen molar-refractivity contribution in [3.8, 4) is 0 Å². The number of rotatable bonds is 7. The molecule has 1 aliphatic rings. The first-order valence-corrected chi connectivity index (χ1v) is 11.9. The fourth-order valence-corrected chi connectivity index (χ4v) is 6.30. The summed E-state index contributed by atoms with van der Waals surface area (Å²) >= 11 is 0. The molecule has 141 valence electrons. The molecule has 0 spiro atoms. The third-order valence-electron chi connectivity index (χ3n) is 4.40. The average molecular weight is 397 g/mol. The quantitative estimate of drug-likeness (QED) is 0.697.